The van der Waals surface area contributed by atoms with E-state index < -0.39 is 24.6 Å². The van der Waals surface area contributed by atoms with Crippen molar-refractivity contribution in [3.8, 4) is 11.6 Å². The van der Waals surface area contributed by atoms with Gasteiger partial charge in [0.05, 0.1) is 13.5 Å². The number of ether oxygens (including phenoxy) is 2. The minimum Gasteiger partial charge on any atom is -0.494 e. The summed E-state index contributed by atoms with van der Waals surface area (Å²) in [5.41, 5.74) is 5.32. The molecule has 0 aliphatic carbocycles. The van der Waals surface area contributed by atoms with Crippen molar-refractivity contribution >= 4 is 5.97 Å². The van der Waals surface area contributed by atoms with Gasteiger partial charge in [0.15, 0.2) is 0 Å². The molecule has 0 spiro atoms. The van der Waals surface area contributed by atoms with Crippen molar-refractivity contribution in [1.29, 1.82) is 0 Å². The fourth-order valence-corrected chi connectivity index (χ4v) is 1.47. The van der Waals surface area contributed by atoms with Crippen molar-refractivity contribution in [2.24, 2.45) is 5.73 Å². The zero-order valence-corrected chi connectivity index (χ0v) is 9.82. The molecule has 0 unspecified atom stereocenters. The number of halogens is 3. The van der Waals surface area contributed by atoms with Crippen LogP contribution in [0.3, 0.4) is 0 Å². The molecule has 3 N–H and O–H groups in total. The maximum atomic E-state index is 12.1. The molecule has 1 heterocycles. The second kappa shape index (κ2) is 5.74. The lowest BCUT2D eigenvalue weighted by Crippen LogP contribution is -2.19. The van der Waals surface area contributed by atoms with Crippen LogP contribution in [0.1, 0.15) is 11.3 Å². The van der Waals surface area contributed by atoms with E-state index in [9.17, 15) is 18.0 Å². The third-order valence-corrected chi connectivity index (χ3v) is 2.06. The van der Waals surface area contributed by atoms with E-state index in [2.05, 4.69) is 9.72 Å². The van der Waals surface area contributed by atoms with E-state index in [4.69, 9.17) is 15.6 Å². The molecular formula is C10H11F3N2O4. The number of methoxy groups -OCH3 is 1. The van der Waals surface area contributed by atoms with Crippen LogP contribution in [0.5, 0.6) is 11.6 Å². The van der Waals surface area contributed by atoms with Gasteiger partial charge >= 0.3 is 12.3 Å². The summed E-state index contributed by atoms with van der Waals surface area (Å²) in [6.45, 7) is -0.217. The number of rotatable bonds is 5. The number of nitrogens with zero attached hydrogens (tertiary/aromatic N) is 1. The highest BCUT2D eigenvalue weighted by molar-refractivity contribution is 5.71. The lowest BCUT2D eigenvalue weighted by atomic mass is 10.1. The van der Waals surface area contributed by atoms with Gasteiger partial charge in [0.25, 0.3) is 0 Å². The number of nitrogens with two attached hydrogens (primary N) is 1. The number of hydrogen-bond donors (Lipinski definition) is 2. The number of hydrogen-bond acceptors (Lipinski definition) is 5. The van der Waals surface area contributed by atoms with E-state index in [1.165, 1.54) is 7.11 Å². The molecule has 0 bridgehead atoms. The Bertz CT molecular complexity index is 477. The number of carbonyl (C=O) groups is 1. The van der Waals surface area contributed by atoms with Crippen LogP contribution in [0.4, 0.5) is 13.2 Å². The van der Waals surface area contributed by atoms with Gasteiger partial charge < -0.3 is 20.3 Å². The van der Waals surface area contributed by atoms with Gasteiger partial charge in [-0.15, -0.1) is 13.2 Å². The Morgan fingerprint density at radius 2 is 2.16 bits per heavy atom. The smallest absolute Gasteiger partial charge is 0.494 e. The molecule has 0 saturated heterocycles. The molecule has 0 radical (unpaired) electrons. The Morgan fingerprint density at radius 1 is 1.53 bits per heavy atom. The minimum absolute atomic E-state index is 0.00435. The van der Waals surface area contributed by atoms with E-state index >= 15 is 0 Å². The molecule has 6 nitrogen and oxygen atoms in total. The van der Waals surface area contributed by atoms with E-state index in [0.717, 1.165) is 6.07 Å². The largest absolute Gasteiger partial charge is 0.574 e. The SMILES string of the molecule is COc1c(CC(=O)O)cc(OC(F)(F)F)nc1CN. The van der Waals surface area contributed by atoms with Crippen LogP contribution in [0.15, 0.2) is 6.07 Å². The van der Waals surface area contributed by atoms with Crippen molar-refractivity contribution in [2.45, 2.75) is 19.3 Å². The quantitative estimate of drug-likeness (QED) is 0.838. The van der Waals surface area contributed by atoms with Crippen LogP contribution >= 0.6 is 0 Å². The first-order chi connectivity index (χ1) is 8.76. The van der Waals surface area contributed by atoms with E-state index in [1.54, 1.807) is 0 Å². The minimum atomic E-state index is -4.92. The number of aliphatic carboxylic acids is 1. The van der Waals surface area contributed by atoms with E-state index in [1.807, 2.05) is 0 Å². The first-order valence-corrected chi connectivity index (χ1v) is 5.01. The highest BCUT2D eigenvalue weighted by atomic mass is 19.4. The second-order valence-electron chi connectivity index (χ2n) is 3.42. The van der Waals surface area contributed by atoms with Gasteiger partial charge in [-0.1, -0.05) is 0 Å². The summed E-state index contributed by atoms with van der Waals surface area (Å²) in [5, 5.41) is 8.70. The van der Waals surface area contributed by atoms with Crippen molar-refractivity contribution in [2.75, 3.05) is 7.11 Å². The lowest BCUT2D eigenvalue weighted by Gasteiger charge is -2.14. The van der Waals surface area contributed by atoms with Crippen LogP contribution in [0, 0.1) is 0 Å². The van der Waals surface area contributed by atoms with Crippen molar-refractivity contribution in [3.63, 3.8) is 0 Å². The molecule has 0 aliphatic rings. The summed E-state index contributed by atoms with van der Waals surface area (Å²) in [6.07, 6.45) is -5.46. The van der Waals surface area contributed by atoms with Crippen LogP contribution < -0.4 is 15.2 Å². The lowest BCUT2D eigenvalue weighted by molar-refractivity contribution is -0.276. The molecule has 0 aromatic carbocycles. The van der Waals surface area contributed by atoms with Gasteiger partial charge in [-0.3, -0.25) is 4.79 Å². The summed E-state index contributed by atoms with van der Waals surface area (Å²) < 4.78 is 44.9. The number of carboxylic acid groups (broad SMARTS) is 1. The van der Waals surface area contributed by atoms with E-state index in [-0.39, 0.29) is 23.6 Å². The maximum absolute atomic E-state index is 12.1. The van der Waals surface area contributed by atoms with Crippen LogP contribution in [0.2, 0.25) is 0 Å². The summed E-state index contributed by atoms with van der Waals surface area (Å²) in [7, 11) is 1.24. The Hall–Kier alpha value is -2.03. The third kappa shape index (κ3) is 4.28. The molecule has 0 amide bonds. The van der Waals surface area contributed by atoms with Gasteiger partial charge in [0.1, 0.15) is 11.4 Å². The predicted octanol–water partition coefficient (Wildman–Crippen LogP) is 1.07. The average Bonchev–Trinajstić information content (AvgIpc) is 2.25. The fraction of sp³-hybridized carbons (Fsp3) is 0.400. The third-order valence-electron chi connectivity index (χ3n) is 2.06. The van der Waals surface area contributed by atoms with Gasteiger partial charge in [-0.25, -0.2) is 4.98 Å². The number of pyridine rings is 1. The zero-order valence-electron chi connectivity index (χ0n) is 9.82. The molecule has 0 aliphatic heterocycles. The Morgan fingerprint density at radius 3 is 2.58 bits per heavy atom. The van der Waals surface area contributed by atoms with Crippen molar-refractivity contribution in [3.05, 3.63) is 17.3 Å². The molecule has 1 aromatic rings. The Balaban J connectivity index is 3.25. The number of carboxylic acids is 1. The van der Waals surface area contributed by atoms with Crippen molar-refractivity contribution in [1.82, 2.24) is 4.98 Å². The van der Waals surface area contributed by atoms with Crippen molar-refractivity contribution < 1.29 is 32.5 Å². The Labute approximate surface area is 105 Å². The number of alkyl halides is 3. The maximum Gasteiger partial charge on any atom is 0.574 e. The molecule has 106 valence electrons. The Kier molecular flexibility index (Phi) is 4.54. The van der Waals surface area contributed by atoms with Gasteiger partial charge in [0.2, 0.25) is 5.88 Å². The predicted molar refractivity (Wildman–Crippen MR) is 56.7 cm³/mol. The first kappa shape index (κ1) is 15.0. The monoisotopic (exact) mass is 280 g/mol. The van der Waals surface area contributed by atoms with Crippen LogP contribution in [-0.2, 0) is 17.8 Å². The first-order valence-electron chi connectivity index (χ1n) is 5.01. The number of aromatic nitrogens is 1. The summed E-state index contributed by atoms with van der Waals surface area (Å²) in [4.78, 5) is 14.2. The highest BCUT2D eigenvalue weighted by Gasteiger charge is 2.32. The van der Waals surface area contributed by atoms with Gasteiger partial charge in [0, 0.05) is 18.2 Å². The highest BCUT2D eigenvalue weighted by Crippen LogP contribution is 2.29. The molecule has 0 fully saturated rings. The standard InChI is InChI=1S/C10H11F3N2O4/c1-18-9-5(3-8(16)17)2-7(15-6(9)4-14)19-10(11,12)13/h2H,3-4,14H2,1H3,(H,16,17). The summed E-state index contributed by atoms with van der Waals surface area (Å²) in [5.74, 6) is -1.96. The summed E-state index contributed by atoms with van der Waals surface area (Å²) in [6, 6.07) is 0.861. The summed E-state index contributed by atoms with van der Waals surface area (Å²) >= 11 is 0. The molecule has 9 heteroatoms. The molecule has 1 aromatic heterocycles. The molecular weight excluding hydrogens is 269 g/mol. The zero-order chi connectivity index (χ0) is 14.6. The molecule has 1 rings (SSSR count). The molecule has 0 atom stereocenters. The van der Waals surface area contributed by atoms with Gasteiger partial charge in [-0.05, 0) is 0 Å². The van der Waals surface area contributed by atoms with E-state index in [0.29, 0.717) is 0 Å². The fourth-order valence-electron chi connectivity index (χ4n) is 1.47. The van der Waals surface area contributed by atoms with Crippen LogP contribution in [0.25, 0.3) is 0 Å². The normalized spacial score (nSPS) is 11.2. The molecule has 19 heavy (non-hydrogen) atoms. The topological polar surface area (TPSA) is 94.7 Å². The van der Waals surface area contributed by atoms with Gasteiger partial charge in [-0.2, -0.15) is 0 Å². The molecule has 0 saturated carbocycles. The second-order valence-corrected chi connectivity index (χ2v) is 3.42. The average molecular weight is 280 g/mol. The van der Waals surface area contributed by atoms with Crippen LogP contribution in [-0.4, -0.2) is 29.5 Å².